The van der Waals surface area contributed by atoms with Gasteiger partial charge in [0.15, 0.2) is 0 Å². The van der Waals surface area contributed by atoms with Crippen molar-refractivity contribution in [3.8, 4) is 5.75 Å². The minimum Gasteiger partial charge on any atom is -0.497 e. The van der Waals surface area contributed by atoms with E-state index in [1.165, 1.54) is 16.7 Å². The SMILES string of the molecule is COc1ccc2c(c1)CCN(C(C)Cc1ccccc1)CC2. The molecule has 0 amide bonds. The Hall–Kier alpha value is -1.80. The Kier molecular flexibility index (Phi) is 4.79. The summed E-state index contributed by atoms with van der Waals surface area (Å²) in [6.45, 7) is 4.63. The summed E-state index contributed by atoms with van der Waals surface area (Å²) >= 11 is 0. The van der Waals surface area contributed by atoms with Crippen LogP contribution in [0.3, 0.4) is 0 Å². The molecule has 0 bridgehead atoms. The fourth-order valence-electron chi connectivity index (χ4n) is 3.37. The molecule has 0 saturated carbocycles. The maximum absolute atomic E-state index is 5.36. The van der Waals surface area contributed by atoms with E-state index < -0.39 is 0 Å². The van der Waals surface area contributed by atoms with Crippen LogP contribution in [-0.2, 0) is 19.3 Å². The highest BCUT2D eigenvalue weighted by Gasteiger charge is 2.19. The molecule has 1 aliphatic heterocycles. The van der Waals surface area contributed by atoms with E-state index in [4.69, 9.17) is 4.74 Å². The van der Waals surface area contributed by atoms with E-state index in [1.807, 2.05) is 0 Å². The van der Waals surface area contributed by atoms with Gasteiger partial charge >= 0.3 is 0 Å². The minimum atomic E-state index is 0.582. The van der Waals surface area contributed by atoms with Gasteiger partial charge in [0.05, 0.1) is 7.11 Å². The molecule has 2 aromatic carbocycles. The van der Waals surface area contributed by atoms with E-state index in [9.17, 15) is 0 Å². The molecule has 0 fully saturated rings. The molecule has 0 saturated heterocycles. The van der Waals surface area contributed by atoms with E-state index in [0.29, 0.717) is 6.04 Å². The van der Waals surface area contributed by atoms with Crippen molar-refractivity contribution in [1.82, 2.24) is 4.90 Å². The first-order valence-corrected chi connectivity index (χ1v) is 8.20. The van der Waals surface area contributed by atoms with E-state index in [-0.39, 0.29) is 0 Å². The van der Waals surface area contributed by atoms with Crippen molar-refractivity contribution >= 4 is 0 Å². The first kappa shape index (κ1) is 15.1. The topological polar surface area (TPSA) is 12.5 Å². The van der Waals surface area contributed by atoms with Gasteiger partial charge in [0.2, 0.25) is 0 Å². The molecule has 116 valence electrons. The molecule has 1 aliphatic rings. The number of hydrogen-bond donors (Lipinski definition) is 0. The van der Waals surface area contributed by atoms with Crippen LogP contribution in [0, 0.1) is 0 Å². The van der Waals surface area contributed by atoms with Crippen molar-refractivity contribution in [3.05, 3.63) is 65.2 Å². The highest BCUT2D eigenvalue weighted by Crippen LogP contribution is 2.23. The van der Waals surface area contributed by atoms with Crippen LogP contribution in [0.4, 0.5) is 0 Å². The van der Waals surface area contributed by atoms with Gasteiger partial charge in [-0.25, -0.2) is 0 Å². The number of ether oxygens (including phenoxy) is 1. The second kappa shape index (κ2) is 6.97. The molecule has 0 spiro atoms. The van der Waals surface area contributed by atoms with Gasteiger partial charge in [-0.05, 0) is 55.0 Å². The molecule has 2 nitrogen and oxygen atoms in total. The summed E-state index contributed by atoms with van der Waals surface area (Å²) < 4.78 is 5.36. The van der Waals surface area contributed by atoms with Crippen LogP contribution in [0.1, 0.15) is 23.6 Å². The first-order valence-electron chi connectivity index (χ1n) is 8.20. The molecule has 0 N–H and O–H groups in total. The van der Waals surface area contributed by atoms with Gasteiger partial charge in [-0.3, -0.25) is 4.90 Å². The molecule has 22 heavy (non-hydrogen) atoms. The van der Waals surface area contributed by atoms with Crippen LogP contribution >= 0.6 is 0 Å². The second-order valence-corrected chi connectivity index (χ2v) is 6.21. The third kappa shape index (κ3) is 3.50. The lowest BCUT2D eigenvalue weighted by Crippen LogP contribution is -2.36. The number of benzene rings is 2. The Morgan fingerprint density at radius 1 is 1.00 bits per heavy atom. The minimum absolute atomic E-state index is 0.582. The highest BCUT2D eigenvalue weighted by atomic mass is 16.5. The number of rotatable bonds is 4. The second-order valence-electron chi connectivity index (χ2n) is 6.21. The molecule has 1 heterocycles. The summed E-state index contributed by atoms with van der Waals surface area (Å²) in [6.07, 6.45) is 3.38. The smallest absolute Gasteiger partial charge is 0.119 e. The van der Waals surface area contributed by atoms with E-state index in [2.05, 4.69) is 60.4 Å². The summed E-state index contributed by atoms with van der Waals surface area (Å²) in [4.78, 5) is 2.62. The summed E-state index contributed by atoms with van der Waals surface area (Å²) in [6, 6.07) is 17.9. The Bertz CT molecular complexity index is 608. The third-order valence-corrected chi connectivity index (χ3v) is 4.75. The maximum atomic E-state index is 5.36. The largest absolute Gasteiger partial charge is 0.497 e. The Morgan fingerprint density at radius 2 is 1.73 bits per heavy atom. The Balaban J connectivity index is 1.66. The molecule has 2 aromatic rings. The average Bonchev–Trinajstić information content (AvgIpc) is 2.77. The lowest BCUT2D eigenvalue weighted by molar-refractivity contribution is 0.217. The van der Waals surface area contributed by atoms with Crippen molar-refractivity contribution in [3.63, 3.8) is 0 Å². The molecular formula is C20H25NO. The van der Waals surface area contributed by atoms with Gasteiger partial charge in [0, 0.05) is 19.1 Å². The van der Waals surface area contributed by atoms with Crippen molar-refractivity contribution in [2.45, 2.75) is 32.2 Å². The van der Waals surface area contributed by atoms with Crippen LogP contribution in [0.15, 0.2) is 48.5 Å². The van der Waals surface area contributed by atoms with Gasteiger partial charge in [-0.15, -0.1) is 0 Å². The van der Waals surface area contributed by atoms with Crippen molar-refractivity contribution in [2.24, 2.45) is 0 Å². The zero-order chi connectivity index (χ0) is 15.4. The van der Waals surface area contributed by atoms with Gasteiger partial charge in [0.25, 0.3) is 0 Å². The van der Waals surface area contributed by atoms with Gasteiger partial charge < -0.3 is 4.74 Å². The van der Waals surface area contributed by atoms with E-state index >= 15 is 0 Å². The lowest BCUT2D eigenvalue weighted by Gasteiger charge is -2.27. The Morgan fingerprint density at radius 3 is 2.45 bits per heavy atom. The third-order valence-electron chi connectivity index (χ3n) is 4.75. The normalized spacial score (nSPS) is 16.6. The average molecular weight is 295 g/mol. The quantitative estimate of drug-likeness (QED) is 0.852. The van der Waals surface area contributed by atoms with Crippen LogP contribution < -0.4 is 4.74 Å². The van der Waals surface area contributed by atoms with Gasteiger partial charge in [0.1, 0.15) is 5.75 Å². The summed E-state index contributed by atoms with van der Waals surface area (Å²) in [5.41, 5.74) is 4.36. The number of methoxy groups -OCH3 is 1. The summed E-state index contributed by atoms with van der Waals surface area (Å²) in [7, 11) is 1.74. The van der Waals surface area contributed by atoms with Crippen molar-refractivity contribution in [1.29, 1.82) is 0 Å². The van der Waals surface area contributed by atoms with E-state index in [1.54, 1.807) is 7.11 Å². The molecule has 2 heteroatoms. The number of nitrogens with zero attached hydrogens (tertiary/aromatic N) is 1. The summed E-state index contributed by atoms with van der Waals surface area (Å²) in [5, 5.41) is 0. The predicted molar refractivity (Wildman–Crippen MR) is 91.6 cm³/mol. The monoisotopic (exact) mass is 295 g/mol. The van der Waals surface area contributed by atoms with Crippen LogP contribution in [-0.4, -0.2) is 31.1 Å². The summed E-state index contributed by atoms with van der Waals surface area (Å²) in [5.74, 6) is 0.976. The molecular weight excluding hydrogens is 270 g/mol. The molecule has 3 rings (SSSR count). The maximum Gasteiger partial charge on any atom is 0.119 e. The Labute approximate surface area is 133 Å². The first-order chi connectivity index (χ1) is 10.8. The van der Waals surface area contributed by atoms with E-state index in [0.717, 1.165) is 38.1 Å². The molecule has 1 unspecified atom stereocenters. The predicted octanol–water partition coefficient (Wildman–Crippen LogP) is 3.73. The van der Waals surface area contributed by atoms with Crippen molar-refractivity contribution < 1.29 is 4.74 Å². The number of fused-ring (bicyclic) bond motifs is 1. The van der Waals surface area contributed by atoms with Crippen LogP contribution in [0.5, 0.6) is 5.75 Å². The van der Waals surface area contributed by atoms with Crippen LogP contribution in [0.2, 0.25) is 0 Å². The fraction of sp³-hybridized carbons (Fsp3) is 0.400. The van der Waals surface area contributed by atoms with Crippen LogP contribution in [0.25, 0.3) is 0 Å². The molecule has 0 aromatic heterocycles. The van der Waals surface area contributed by atoms with Gasteiger partial charge in [-0.2, -0.15) is 0 Å². The molecule has 0 radical (unpaired) electrons. The van der Waals surface area contributed by atoms with Crippen molar-refractivity contribution in [2.75, 3.05) is 20.2 Å². The lowest BCUT2D eigenvalue weighted by atomic mass is 10.0. The number of hydrogen-bond acceptors (Lipinski definition) is 2. The van der Waals surface area contributed by atoms with Gasteiger partial charge in [-0.1, -0.05) is 36.4 Å². The standard InChI is InChI=1S/C20H25NO/c1-16(14-17-6-4-3-5-7-17)21-12-10-18-8-9-20(22-2)15-19(18)11-13-21/h3-9,15-16H,10-14H2,1-2H3. The molecule has 0 aliphatic carbocycles. The highest BCUT2D eigenvalue weighted by molar-refractivity contribution is 5.36. The zero-order valence-corrected chi connectivity index (χ0v) is 13.6. The fourth-order valence-corrected chi connectivity index (χ4v) is 3.37. The zero-order valence-electron chi connectivity index (χ0n) is 13.6. The molecule has 1 atom stereocenters.